The lowest BCUT2D eigenvalue weighted by atomic mass is 10.1. The Labute approximate surface area is 119 Å². The standard InChI is InChI=1S/C12H16BrN3OS/c1-12(3-2-4-18-12)7-16-11(17)9-5-8(13)6-15-10(9)14/h5-6H,2-4,7H2,1H3,(H2,14,15)(H,16,17). The van der Waals surface area contributed by atoms with Crippen LogP contribution in [0, 0.1) is 0 Å². The van der Waals surface area contributed by atoms with E-state index in [1.165, 1.54) is 12.2 Å². The molecule has 0 radical (unpaired) electrons. The number of hydrogen-bond acceptors (Lipinski definition) is 4. The average molecular weight is 330 g/mol. The molecule has 1 aromatic rings. The molecule has 0 spiro atoms. The highest BCUT2D eigenvalue weighted by atomic mass is 79.9. The number of carbonyl (C=O) groups is 1. The Morgan fingerprint density at radius 1 is 1.72 bits per heavy atom. The van der Waals surface area contributed by atoms with Crippen molar-refractivity contribution in [3.8, 4) is 0 Å². The second-order valence-corrected chi connectivity index (χ2v) is 7.27. The van der Waals surface area contributed by atoms with E-state index < -0.39 is 0 Å². The lowest BCUT2D eigenvalue weighted by Crippen LogP contribution is -2.37. The van der Waals surface area contributed by atoms with E-state index in [9.17, 15) is 4.79 Å². The Bertz CT molecular complexity index is 461. The maximum absolute atomic E-state index is 12.1. The van der Waals surface area contributed by atoms with Gasteiger partial charge in [0.25, 0.3) is 5.91 Å². The second kappa shape index (κ2) is 5.48. The van der Waals surface area contributed by atoms with E-state index in [1.54, 1.807) is 12.3 Å². The maximum Gasteiger partial charge on any atom is 0.255 e. The number of nitrogen functional groups attached to an aromatic ring is 1. The highest BCUT2D eigenvalue weighted by Gasteiger charge is 2.30. The highest BCUT2D eigenvalue weighted by Crippen LogP contribution is 2.37. The first-order chi connectivity index (χ1) is 8.50. The van der Waals surface area contributed by atoms with Crippen LogP contribution >= 0.6 is 27.7 Å². The predicted octanol–water partition coefficient (Wildman–Crippen LogP) is 2.44. The maximum atomic E-state index is 12.1. The molecule has 0 bridgehead atoms. The zero-order valence-electron chi connectivity index (χ0n) is 10.2. The summed E-state index contributed by atoms with van der Waals surface area (Å²) in [6.45, 7) is 2.86. The van der Waals surface area contributed by atoms with E-state index in [4.69, 9.17) is 5.73 Å². The molecule has 2 rings (SSSR count). The molecule has 1 amide bonds. The molecule has 4 nitrogen and oxygen atoms in total. The number of carbonyl (C=O) groups excluding carboxylic acids is 1. The number of nitrogens with zero attached hydrogens (tertiary/aromatic N) is 1. The number of halogens is 1. The SMILES string of the molecule is CC1(CNC(=O)c2cc(Br)cnc2N)CCCS1. The van der Waals surface area contributed by atoms with Gasteiger partial charge < -0.3 is 11.1 Å². The van der Waals surface area contributed by atoms with Crippen molar-refractivity contribution in [2.24, 2.45) is 0 Å². The van der Waals surface area contributed by atoms with Gasteiger partial charge in [0.15, 0.2) is 0 Å². The Kier molecular flexibility index (Phi) is 4.17. The van der Waals surface area contributed by atoms with Crippen LogP contribution in [-0.2, 0) is 0 Å². The minimum atomic E-state index is -0.157. The number of nitrogens with one attached hydrogen (secondary N) is 1. The summed E-state index contributed by atoms with van der Waals surface area (Å²) in [6.07, 6.45) is 3.95. The number of nitrogens with two attached hydrogens (primary N) is 1. The average Bonchev–Trinajstić information content (AvgIpc) is 2.77. The Balaban J connectivity index is 2.01. The van der Waals surface area contributed by atoms with Crippen LogP contribution in [0.1, 0.15) is 30.1 Å². The van der Waals surface area contributed by atoms with Crippen LogP contribution in [0.15, 0.2) is 16.7 Å². The number of rotatable bonds is 3. The molecule has 1 aliphatic heterocycles. The Morgan fingerprint density at radius 3 is 3.17 bits per heavy atom. The molecule has 3 N–H and O–H groups in total. The monoisotopic (exact) mass is 329 g/mol. The first-order valence-corrected chi connectivity index (χ1v) is 7.61. The molecule has 98 valence electrons. The molecule has 1 fully saturated rings. The zero-order chi connectivity index (χ0) is 13.2. The van der Waals surface area contributed by atoms with Gasteiger partial charge in [-0.2, -0.15) is 11.8 Å². The van der Waals surface area contributed by atoms with E-state index >= 15 is 0 Å². The van der Waals surface area contributed by atoms with E-state index in [2.05, 4.69) is 33.2 Å². The van der Waals surface area contributed by atoms with Gasteiger partial charge >= 0.3 is 0 Å². The van der Waals surface area contributed by atoms with Gasteiger partial charge in [0.1, 0.15) is 5.82 Å². The van der Waals surface area contributed by atoms with Gasteiger partial charge in [0.05, 0.1) is 5.56 Å². The van der Waals surface area contributed by atoms with E-state index in [1.807, 2.05) is 11.8 Å². The smallest absolute Gasteiger partial charge is 0.255 e. The predicted molar refractivity (Wildman–Crippen MR) is 78.8 cm³/mol. The fourth-order valence-corrected chi connectivity index (χ4v) is 3.55. The molecule has 1 atom stereocenters. The van der Waals surface area contributed by atoms with Crippen molar-refractivity contribution in [3.63, 3.8) is 0 Å². The van der Waals surface area contributed by atoms with Crippen molar-refractivity contribution in [1.29, 1.82) is 0 Å². The van der Waals surface area contributed by atoms with Crippen molar-refractivity contribution in [2.45, 2.75) is 24.5 Å². The van der Waals surface area contributed by atoms with Crippen molar-refractivity contribution in [1.82, 2.24) is 10.3 Å². The summed E-state index contributed by atoms with van der Waals surface area (Å²) in [7, 11) is 0. The highest BCUT2D eigenvalue weighted by molar-refractivity contribution is 9.10. The second-order valence-electron chi connectivity index (χ2n) is 4.67. The number of amides is 1. The summed E-state index contributed by atoms with van der Waals surface area (Å²) in [6, 6.07) is 1.70. The molecule has 0 aromatic carbocycles. The quantitative estimate of drug-likeness (QED) is 0.893. The van der Waals surface area contributed by atoms with Gasteiger partial charge in [-0.25, -0.2) is 4.98 Å². The molecule has 1 unspecified atom stereocenters. The lowest BCUT2D eigenvalue weighted by molar-refractivity contribution is 0.0950. The van der Waals surface area contributed by atoms with Crippen molar-refractivity contribution >= 4 is 39.4 Å². The van der Waals surface area contributed by atoms with Gasteiger partial charge in [-0.15, -0.1) is 0 Å². The fourth-order valence-electron chi connectivity index (χ4n) is 1.97. The number of pyridine rings is 1. The third-order valence-electron chi connectivity index (χ3n) is 3.05. The van der Waals surface area contributed by atoms with Crippen LogP contribution in [-0.4, -0.2) is 27.9 Å². The molecule has 6 heteroatoms. The van der Waals surface area contributed by atoms with E-state index in [-0.39, 0.29) is 16.5 Å². The normalized spacial score (nSPS) is 23.0. The summed E-state index contributed by atoms with van der Waals surface area (Å²) in [5, 5.41) is 2.95. The topological polar surface area (TPSA) is 68.0 Å². The van der Waals surface area contributed by atoms with Gasteiger partial charge in [0, 0.05) is 22.0 Å². The van der Waals surface area contributed by atoms with Gasteiger partial charge in [-0.1, -0.05) is 0 Å². The molecule has 0 saturated carbocycles. The van der Waals surface area contributed by atoms with Crippen molar-refractivity contribution in [2.75, 3.05) is 18.0 Å². The van der Waals surface area contributed by atoms with Gasteiger partial charge in [0.2, 0.25) is 0 Å². The number of hydrogen-bond donors (Lipinski definition) is 2. The van der Waals surface area contributed by atoms with Crippen LogP contribution in [0.2, 0.25) is 0 Å². The molecule has 1 aliphatic rings. The summed E-state index contributed by atoms with van der Waals surface area (Å²) in [5.41, 5.74) is 6.14. The van der Waals surface area contributed by atoms with Crippen LogP contribution in [0.25, 0.3) is 0 Å². The molecular formula is C12H16BrN3OS. The van der Waals surface area contributed by atoms with Crippen LogP contribution in [0.4, 0.5) is 5.82 Å². The third-order valence-corrected chi connectivity index (χ3v) is 5.02. The molecular weight excluding hydrogens is 314 g/mol. The van der Waals surface area contributed by atoms with Crippen LogP contribution in [0.3, 0.4) is 0 Å². The van der Waals surface area contributed by atoms with Crippen LogP contribution in [0.5, 0.6) is 0 Å². The number of thioether (sulfide) groups is 1. The lowest BCUT2D eigenvalue weighted by Gasteiger charge is -2.22. The van der Waals surface area contributed by atoms with Gasteiger partial charge in [-0.3, -0.25) is 4.79 Å². The van der Waals surface area contributed by atoms with Crippen LogP contribution < -0.4 is 11.1 Å². The first kappa shape index (κ1) is 13.7. The molecule has 2 heterocycles. The summed E-state index contributed by atoms with van der Waals surface area (Å²) in [5.74, 6) is 1.28. The third kappa shape index (κ3) is 3.17. The van der Waals surface area contributed by atoms with Crippen molar-refractivity contribution in [3.05, 3.63) is 22.3 Å². The summed E-state index contributed by atoms with van der Waals surface area (Å²) < 4.78 is 0.910. The van der Waals surface area contributed by atoms with Gasteiger partial charge in [-0.05, 0) is 47.5 Å². The molecule has 1 aromatic heterocycles. The Morgan fingerprint density at radius 2 is 2.50 bits per heavy atom. The fraction of sp³-hybridized carbons (Fsp3) is 0.500. The summed E-state index contributed by atoms with van der Waals surface area (Å²) >= 11 is 5.21. The molecule has 0 aliphatic carbocycles. The summed E-state index contributed by atoms with van der Waals surface area (Å²) in [4.78, 5) is 16.0. The largest absolute Gasteiger partial charge is 0.383 e. The minimum Gasteiger partial charge on any atom is -0.383 e. The van der Waals surface area contributed by atoms with E-state index in [0.29, 0.717) is 12.1 Å². The van der Waals surface area contributed by atoms with Crippen molar-refractivity contribution < 1.29 is 4.79 Å². The zero-order valence-corrected chi connectivity index (χ0v) is 12.6. The number of anilines is 1. The first-order valence-electron chi connectivity index (χ1n) is 5.83. The molecule has 18 heavy (non-hydrogen) atoms. The Hall–Kier alpha value is -0.750. The minimum absolute atomic E-state index is 0.157. The van der Waals surface area contributed by atoms with E-state index in [0.717, 1.165) is 10.9 Å². The number of aromatic nitrogens is 1. The molecule has 1 saturated heterocycles.